The Morgan fingerprint density at radius 3 is 2.40 bits per heavy atom. The van der Waals surface area contributed by atoms with Crippen LogP contribution in [0.3, 0.4) is 0 Å². The Balaban J connectivity index is 1.23. The molecule has 1 N–H and O–H groups in total. The molecule has 6 heteroatoms. The zero-order chi connectivity index (χ0) is 20.8. The number of hydrogen-bond acceptors (Lipinski definition) is 5. The van der Waals surface area contributed by atoms with Gasteiger partial charge >= 0.3 is 0 Å². The van der Waals surface area contributed by atoms with Gasteiger partial charge in [-0.05, 0) is 36.8 Å². The van der Waals surface area contributed by atoms with Gasteiger partial charge in [0.15, 0.2) is 0 Å². The summed E-state index contributed by atoms with van der Waals surface area (Å²) in [4.78, 5) is 19.4. The maximum Gasteiger partial charge on any atom is 0.238 e. The van der Waals surface area contributed by atoms with E-state index in [4.69, 9.17) is 4.74 Å². The second kappa shape index (κ2) is 10.1. The van der Waals surface area contributed by atoms with Gasteiger partial charge in [-0.25, -0.2) is 0 Å². The quantitative estimate of drug-likeness (QED) is 0.796. The number of piperazine rings is 1. The highest BCUT2D eigenvalue weighted by atomic mass is 16.5. The van der Waals surface area contributed by atoms with E-state index < -0.39 is 0 Å². The lowest BCUT2D eigenvalue weighted by atomic mass is 10.2. The highest BCUT2D eigenvalue weighted by Gasteiger charge is 2.20. The molecule has 1 amide bonds. The fourth-order valence-corrected chi connectivity index (χ4v) is 4.20. The van der Waals surface area contributed by atoms with Gasteiger partial charge in [-0.2, -0.15) is 0 Å². The molecule has 4 rings (SSSR count). The normalized spacial score (nSPS) is 20.8. The Labute approximate surface area is 179 Å². The van der Waals surface area contributed by atoms with Crippen molar-refractivity contribution >= 4 is 17.3 Å². The molecule has 2 aromatic rings. The Kier molecular flexibility index (Phi) is 7.00. The van der Waals surface area contributed by atoms with Crippen LogP contribution in [0.2, 0.25) is 0 Å². The smallest absolute Gasteiger partial charge is 0.238 e. The van der Waals surface area contributed by atoms with Crippen LogP contribution in [0.15, 0.2) is 54.6 Å². The van der Waals surface area contributed by atoms with E-state index >= 15 is 0 Å². The third kappa shape index (κ3) is 5.81. The summed E-state index contributed by atoms with van der Waals surface area (Å²) in [7, 11) is 0. The monoisotopic (exact) mass is 408 g/mol. The standard InChI is InChI=1S/C24H32N4O2/c1-20-17-27(15-16-30-20)19-24(29)25-22-7-9-23(10-8-22)28-13-11-26(12-14-28)18-21-5-3-2-4-6-21/h2-10,20H,11-19H2,1H3,(H,25,29). The van der Waals surface area contributed by atoms with Crippen LogP contribution in [-0.4, -0.2) is 74.2 Å². The zero-order valence-corrected chi connectivity index (χ0v) is 17.8. The van der Waals surface area contributed by atoms with Gasteiger partial charge in [0.1, 0.15) is 0 Å². The number of rotatable bonds is 6. The van der Waals surface area contributed by atoms with Crippen LogP contribution in [0.1, 0.15) is 12.5 Å². The number of benzene rings is 2. The van der Waals surface area contributed by atoms with Gasteiger partial charge in [-0.15, -0.1) is 0 Å². The summed E-state index contributed by atoms with van der Waals surface area (Å²) in [6, 6.07) is 18.9. The average molecular weight is 409 g/mol. The lowest BCUT2D eigenvalue weighted by molar-refractivity contribution is -0.119. The van der Waals surface area contributed by atoms with Crippen molar-refractivity contribution in [3.8, 4) is 0 Å². The molecule has 0 aromatic heterocycles. The Bertz CT molecular complexity index is 804. The first kappa shape index (κ1) is 20.8. The summed E-state index contributed by atoms with van der Waals surface area (Å²) in [5, 5.41) is 3.02. The topological polar surface area (TPSA) is 48.1 Å². The molecule has 0 saturated carbocycles. The van der Waals surface area contributed by atoms with E-state index in [0.29, 0.717) is 13.2 Å². The van der Waals surface area contributed by atoms with Crippen molar-refractivity contribution in [2.75, 3.05) is 62.6 Å². The van der Waals surface area contributed by atoms with E-state index in [1.54, 1.807) is 0 Å². The van der Waals surface area contributed by atoms with E-state index in [1.165, 1.54) is 11.3 Å². The lowest BCUT2D eigenvalue weighted by Gasteiger charge is -2.36. The number of carbonyl (C=O) groups excluding carboxylic acids is 1. The van der Waals surface area contributed by atoms with Crippen molar-refractivity contribution in [3.63, 3.8) is 0 Å². The van der Waals surface area contributed by atoms with Gasteiger partial charge in [0, 0.05) is 57.2 Å². The van der Waals surface area contributed by atoms with Crippen LogP contribution in [0, 0.1) is 0 Å². The van der Waals surface area contributed by atoms with Crippen molar-refractivity contribution in [1.82, 2.24) is 9.80 Å². The van der Waals surface area contributed by atoms with Crippen LogP contribution in [0.4, 0.5) is 11.4 Å². The molecule has 1 unspecified atom stereocenters. The van der Waals surface area contributed by atoms with E-state index in [-0.39, 0.29) is 12.0 Å². The predicted octanol–water partition coefficient (Wildman–Crippen LogP) is 2.67. The molecule has 2 heterocycles. The van der Waals surface area contributed by atoms with Gasteiger partial charge in [-0.1, -0.05) is 30.3 Å². The zero-order valence-electron chi connectivity index (χ0n) is 17.8. The SMILES string of the molecule is CC1CN(CC(=O)Nc2ccc(N3CCN(Cc4ccccc4)CC3)cc2)CCO1. The lowest BCUT2D eigenvalue weighted by Crippen LogP contribution is -2.46. The predicted molar refractivity (Wildman–Crippen MR) is 121 cm³/mol. The Morgan fingerprint density at radius 1 is 0.967 bits per heavy atom. The minimum atomic E-state index is 0.0337. The highest BCUT2D eigenvalue weighted by molar-refractivity contribution is 5.92. The van der Waals surface area contributed by atoms with Crippen LogP contribution in [-0.2, 0) is 16.1 Å². The minimum Gasteiger partial charge on any atom is -0.376 e. The summed E-state index contributed by atoms with van der Waals surface area (Å²) in [6.45, 7) is 9.96. The van der Waals surface area contributed by atoms with Crippen molar-refractivity contribution in [3.05, 3.63) is 60.2 Å². The van der Waals surface area contributed by atoms with Gasteiger partial charge in [0.25, 0.3) is 0 Å². The number of carbonyl (C=O) groups is 1. The van der Waals surface area contributed by atoms with Crippen molar-refractivity contribution < 1.29 is 9.53 Å². The minimum absolute atomic E-state index is 0.0337. The van der Waals surface area contributed by atoms with Gasteiger partial charge < -0.3 is 15.0 Å². The molecule has 2 aromatic carbocycles. The molecule has 2 saturated heterocycles. The third-order valence-corrected chi connectivity index (χ3v) is 5.83. The highest BCUT2D eigenvalue weighted by Crippen LogP contribution is 2.20. The number of nitrogens with one attached hydrogen (secondary N) is 1. The molecule has 0 bridgehead atoms. The van der Waals surface area contributed by atoms with E-state index in [9.17, 15) is 4.79 Å². The maximum absolute atomic E-state index is 12.4. The van der Waals surface area contributed by atoms with Crippen LogP contribution < -0.4 is 10.2 Å². The van der Waals surface area contributed by atoms with Gasteiger partial charge in [0.2, 0.25) is 5.91 Å². The number of hydrogen-bond donors (Lipinski definition) is 1. The summed E-state index contributed by atoms with van der Waals surface area (Å²) in [5.41, 5.74) is 3.44. The molecule has 160 valence electrons. The van der Waals surface area contributed by atoms with E-state index in [2.05, 4.69) is 62.5 Å². The molecule has 2 aliphatic heterocycles. The van der Waals surface area contributed by atoms with Crippen molar-refractivity contribution in [2.45, 2.75) is 19.6 Å². The molecule has 0 spiro atoms. The molecule has 0 aliphatic carbocycles. The summed E-state index contributed by atoms with van der Waals surface area (Å²) in [6.07, 6.45) is 0.194. The average Bonchev–Trinajstić information content (AvgIpc) is 2.76. The second-order valence-electron chi connectivity index (χ2n) is 8.26. The Hall–Kier alpha value is -2.41. The van der Waals surface area contributed by atoms with Gasteiger partial charge in [0.05, 0.1) is 19.3 Å². The summed E-state index contributed by atoms with van der Waals surface area (Å²) in [5.74, 6) is 0.0337. The molecule has 6 nitrogen and oxygen atoms in total. The second-order valence-corrected chi connectivity index (χ2v) is 8.26. The van der Waals surface area contributed by atoms with E-state index in [1.807, 2.05) is 19.1 Å². The van der Waals surface area contributed by atoms with E-state index in [0.717, 1.165) is 51.5 Å². The summed E-state index contributed by atoms with van der Waals surface area (Å²) >= 11 is 0. The molecule has 30 heavy (non-hydrogen) atoms. The van der Waals surface area contributed by atoms with Crippen LogP contribution in [0.5, 0.6) is 0 Å². The van der Waals surface area contributed by atoms with Gasteiger partial charge in [-0.3, -0.25) is 14.6 Å². The molecule has 0 radical (unpaired) electrons. The number of nitrogens with zero attached hydrogens (tertiary/aromatic N) is 3. The number of anilines is 2. The number of ether oxygens (including phenoxy) is 1. The van der Waals surface area contributed by atoms with Crippen LogP contribution >= 0.6 is 0 Å². The van der Waals surface area contributed by atoms with Crippen molar-refractivity contribution in [1.29, 1.82) is 0 Å². The first-order valence-electron chi connectivity index (χ1n) is 10.9. The molecule has 1 atom stereocenters. The number of amides is 1. The molecular formula is C24H32N4O2. The van der Waals surface area contributed by atoms with Crippen LogP contribution in [0.25, 0.3) is 0 Å². The largest absolute Gasteiger partial charge is 0.376 e. The molecule has 2 aliphatic rings. The van der Waals surface area contributed by atoms with Crippen molar-refractivity contribution in [2.24, 2.45) is 0 Å². The third-order valence-electron chi connectivity index (χ3n) is 5.83. The number of morpholine rings is 1. The molecule has 2 fully saturated rings. The Morgan fingerprint density at radius 2 is 1.70 bits per heavy atom. The summed E-state index contributed by atoms with van der Waals surface area (Å²) < 4.78 is 5.53. The maximum atomic E-state index is 12.4. The molecular weight excluding hydrogens is 376 g/mol. The fourth-order valence-electron chi connectivity index (χ4n) is 4.20. The first-order chi connectivity index (χ1) is 14.7. The first-order valence-corrected chi connectivity index (χ1v) is 10.9. The fraction of sp³-hybridized carbons (Fsp3) is 0.458.